The maximum absolute atomic E-state index is 12.3. The first-order valence-corrected chi connectivity index (χ1v) is 8.34. The highest BCUT2D eigenvalue weighted by Gasteiger charge is 2.34. The van der Waals surface area contributed by atoms with Crippen LogP contribution in [0.1, 0.15) is 38.5 Å². The molecule has 0 aromatic rings. The van der Waals surface area contributed by atoms with E-state index in [1.54, 1.807) is 19.1 Å². The first-order valence-electron chi connectivity index (χ1n) is 8.34. The van der Waals surface area contributed by atoms with Crippen molar-refractivity contribution in [2.24, 2.45) is 5.92 Å². The molecular weight excluding hydrogens is 318 g/mol. The first-order chi connectivity index (χ1) is 10.6. The third-order valence-electron chi connectivity index (χ3n) is 4.69. The molecule has 0 saturated carbocycles. The Hall–Kier alpha value is -0.850. The zero-order valence-corrected chi connectivity index (χ0v) is 15.0. The molecule has 0 radical (unpaired) electrons. The van der Waals surface area contributed by atoms with Gasteiger partial charge in [-0.15, -0.1) is 12.4 Å². The summed E-state index contributed by atoms with van der Waals surface area (Å²) in [5.74, 6) is 0.453. The van der Waals surface area contributed by atoms with E-state index in [4.69, 9.17) is 4.74 Å². The number of rotatable bonds is 8. The van der Waals surface area contributed by atoms with Gasteiger partial charge in [0.15, 0.2) is 0 Å². The van der Waals surface area contributed by atoms with Crippen molar-refractivity contribution in [2.75, 3.05) is 33.9 Å². The Morgan fingerprint density at radius 1 is 1.26 bits per heavy atom. The van der Waals surface area contributed by atoms with Crippen molar-refractivity contribution in [3.63, 3.8) is 0 Å². The van der Waals surface area contributed by atoms with Gasteiger partial charge in [0, 0.05) is 45.8 Å². The Kier molecular flexibility index (Phi) is 8.87. The summed E-state index contributed by atoms with van der Waals surface area (Å²) in [6.45, 7) is 1.36. The van der Waals surface area contributed by atoms with Gasteiger partial charge in [-0.05, 0) is 38.0 Å². The number of amides is 2. The van der Waals surface area contributed by atoms with Crippen LogP contribution >= 0.6 is 12.4 Å². The molecular formula is C16H30ClN3O3. The summed E-state index contributed by atoms with van der Waals surface area (Å²) >= 11 is 0. The summed E-state index contributed by atoms with van der Waals surface area (Å²) < 4.78 is 4.93. The van der Waals surface area contributed by atoms with Gasteiger partial charge in [-0.2, -0.15) is 0 Å². The van der Waals surface area contributed by atoms with Crippen LogP contribution < -0.4 is 10.6 Å². The van der Waals surface area contributed by atoms with E-state index in [0.29, 0.717) is 37.6 Å². The van der Waals surface area contributed by atoms with Crippen molar-refractivity contribution < 1.29 is 14.3 Å². The molecule has 2 aliphatic rings. The smallest absolute Gasteiger partial charge is 0.239 e. The highest BCUT2D eigenvalue weighted by Crippen LogP contribution is 2.32. The highest BCUT2D eigenvalue weighted by molar-refractivity contribution is 5.85. The molecule has 134 valence electrons. The standard InChI is InChI=1S/C16H29N3O3.ClH/c1-19(11-15(20)17-6-3-7-22-2)16(21)10-12-8-13-4-5-14(9-12)18-13;/h12-14,18H,3-11H2,1-2H3,(H,17,20);1H. The van der Waals surface area contributed by atoms with Crippen molar-refractivity contribution in [3.8, 4) is 0 Å². The van der Waals surface area contributed by atoms with Crippen LogP contribution in [0.3, 0.4) is 0 Å². The SMILES string of the molecule is COCCCNC(=O)CN(C)C(=O)CC1CC2CCC(C1)N2.Cl. The summed E-state index contributed by atoms with van der Waals surface area (Å²) in [7, 11) is 3.36. The van der Waals surface area contributed by atoms with Crippen LogP contribution in [0.25, 0.3) is 0 Å². The summed E-state index contributed by atoms with van der Waals surface area (Å²) in [5, 5.41) is 6.40. The minimum absolute atomic E-state index is 0. The molecule has 23 heavy (non-hydrogen) atoms. The van der Waals surface area contributed by atoms with Gasteiger partial charge < -0.3 is 20.3 Å². The van der Waals surface area contributed by atoms with Crippen molar-refractivity contribution >= 4 is 24.2 Å². The molecule has 0 aromatic heterocycles. The predicted octanol–water partition coefficient (Wildman–Crippen LogP) is 0.940. The second-order valence-electron chi connectivity index (χ2n) is 6.63. The quantitative estimate of drug-likeness (QED) is 0.641. The zero-order valence-electron chi connectivity index (χ0n) is 14.2. The van der Waals surface area contributed by atoms with E-state index in [0.717, 1.165) is 19.3 Å². The predicted molar refractivity (Wildman–Crippen MR) is 91.7 cm³/mol. The van der Waals surface area contributed by atoms with Crippen molar-refractivity contribution in [1.29, 1.82) is 0 Å². The Labute approximate surface area is 145 Å². The number of carbonyl (C=O) groups excluding carboxylic acids is 2. The highest BCUT2D eigenvalue weighted by atomic mass is 35.5. The summed E-state index contributed by atoms with van der Waals surface area (Å²) in [6.07, 6.45) is 6.04. The molecule has 2 N–H and O–H groups in total. The van der Waals surface area contributed by atoms with Gasteiger partial charge in [0.2, 0.25) is 11.8 Å². The third-order valence-corrected chi connectivity index (χ3v) is 4.69. The number of methoxy groups -OCH3 is 1. The largest absolute Gasteiger partial charge is 0.385 e. The monoisotopic (exact) mass is 347 g/mol. The van der Waals surface area contributed by atoms with Gasteiger partial charge in [-0.25, -0.2) is 0 Å². The molecule has 2 aliphatic heterocycles. The Bertz CT molecular complexity index is 383. The van der Waals surface area contributed by atoms with Gasteiger partial charge in [-0.1, -0.05) is 0 Å². The van der Waals surface area contributed by atoms with Crippen molar-refractivity contribution in [3.05, 3.63) is 0 Å². The van der Waals surface area contributed by atoms with Crippen LogP contribution in [0.2, 0.25) is 0 Å². The van der Waals surface area contributed by atoms with E-state index >= 15 is 0 Å². The fourth-order valence-electron chi connectivity index (χ4n) is 3.55. The molecule has 2 saturated heterocycles. The number of nitrogens with zero attached hydrogens (tertiary/aromatic N) is 1. The maximum atomic E-state index is 12.3. The van der Waals surface area contributed by atoms with Gasteiger partial charge in [-0.3, -0.25) is 9.59 Å². The number of nitrogens with one attached hydrogen (secondary N) is 2. The molecule has 6 nitrogen and oxygen atoms in total. The lowest BCUT2D eigenvalue weighted by atomic mass is 9.89. The molecule has 2 fully saturated rings. The Morgan fingerprint density at radius 2 is 1.91 bits per heavy atom. The number of halogens is 1. The lowest BCUT2D eigenvalue weighted by Gasteiger charge is -2.29. The number of carbonyl (C=O) groups is 2. The molecule has 0 spiro atoms. The molecule has 2 unspecified atom stereocenters. The number of ether oxygens (including phenoxy) is 1. The minimum Gasteiger partial charge on any atom is -0.385 e. The maximum Gasteiger partial charge on any atom is 0.239 e. The molecule has 7 heteroatoms. The average molecular weight is 348 g/mol. The van der Waals surface area contributed by atoms with Gasteiger partial charge in [0.1, 0.15) is 0 Å². The summed E-state index contributed by atoms with van der Waals surface area (Å²) in [5.41, 5.74) is 0. The van der Waals surface area contributed by atoms with Crippen molar-refractivity contribution in [1.82, 2.24) is 15.5 Å². The molecule has 2 amide bonds. The number of fused-ring (bicyclic) bond motifs is 2. The second-order valence-corrected chi connectivity index (χ2v) is 6.63. The normalized spacial score (nSPS) is 25.6. The van der Waals surface area contributed by atoms with Crippen LogP contribution in [-0.4, -0.2) is 62.7 Å². The number of hydrogen-bond donors (Lipinski definition) is 2. The van der Waals surface area contributed by atoms with Crippen LogP contribution in [0.5, 0.6) is 0 Å². The Morgan fingerprint density at radius 3 is 2.52 bits per heavy atom. The van der Waals surface area contributed by atoms with Gasteiger partial charge >= 0.3 is 0 Å². The van der Waals surface area contributed by atoms with Crippen LogP contribution in [0.15, 0.2) is 0 Å². The van der Waals surface area contributed by atoms with E-state index in [1.807, 2.05) is 0 Å². The lowest BCUT2D eigenvalue weighted by Crippen LogP contribution is -2.42. The topological polar surface area (TPSA) is 70.7 Å². The van der Waals surface area contributed by atoms with Gasteiger partial charge in [0.05, 0.1) is 6.54 Å². The molecule has 2 bridgehead atoms. The van der Waals surface area contributed by atoms with E-state index in [-0.39, 0.29) is 30.8 Å². The molecule has 0 aromatic carbocycles. The number of likely N-dealkylation sites (N-methyl/N-ethyl adjacent to an activating group) is 1. The van der Waals surface area contributed by atoms with Crippen LogP contribution in [0, 0.1) is 5.92 Å². The van der Waals surface area contributed by atoms with Crippen LogP contribution in [0.4, 0.5) is 0 Å². The Balaban J connectivity index is 0.00000264. The van der Waals surface area contributed by atoms with Gasteiger partial charge in [0.25, 0.3) is 0 Å². The summed E-state index contributed by atoms with van der Waals surface area (Å²) in [6, 6.07) is 1.21. The fraction of sp³-hybridized carbons (Fsp3) is 0.875. The minimum atomic E-state index is -0.0997. The molecule has 2 atom stereocenters. The van der Waals surface area contributed by atoms with Crippen molar-refractivity contribution in [2.45, 2.75) is 50.6 Å². The second kappa shape index (κ2) is 10.1. The van der Waals surface area contributed by atoms with E-state index in [1.165, 1.54) is 12.8 Å². The van der Waals surface area contributed by atoms with E-state index < -0.39 is 0 Å². The van der Waals surface area contributed by atoms with Crippen LogP contribution in [-0.2, 0) is 14.3 Å². The molecule has 2 rings (SSSR count). The molecule has 0 aliphatic carbocycles. The first kappa shape index (κ1) is 20.2. The fourth-order valence-corrected chi connectivity index (χ4v) is 3.55. The summed E-state index contributed by atoms with van der Waals surface area (Å²) in [4.78, 5) is 25.6. The third kappa shape index (κ3) is 6.65. The number of piperidine rings is 1. The van der Waals surface area contributed by atoms with E-state index in [2.05, 4.69) is 10.6 Å². The van der Waals surface area contributed by atoms with E-state index in [9.17, 15) is 9.59 Å². The molecule has 2 heterocycles. The number of hydrogen-bond acceptors (Lipinski definition) is 4. The zero-order chi connectivity index (χ0) is 15.9. The lowest BCUT2D eigenvalue weighted by molar-refractivity contribution is -0.135. The average Bonchev–Trinajstić information content (AvgIpc) is 2.82.